The Morgan fingerprint density at radius 1 is 1.47 bits per heavy atom. The van der Waals surface area contributed by atoms with Crippen LogP contribution in [0.5, 0.6) is 5.75 Å². The van der Waals surface area contributed by atoms with Crippen LogP contribution in [-0.4, -0.2) is 11.6 Å². The topological polar surface area (TPSA) is 55.2 Å². The van der Waals surface area contributed by atoms with Crippen molar-refractivity contribution in [2.45, 2.75) is 19.8 Å². The van der Waals surface area contributed by atoms with Gasteiger partial charge in [-0.2, -0.15) is 0 Å². The van der Waals surface area contributed by atoms with Crippen LogP contribution >= 0.6 is 0 Å². The molecule has 0 saturated carbocycles. The number of hydrogen-bond donors (Lipinski definition) is 1. The minimum Gasteiger partial charge on any atom is -0.491 e. The van der Waals surface area contributed by atoms with E-state index < -0.39 is 5.76 Å². The Morgan fingerprint density at radius 2 is 2.33 bits per heavy atom. The summed E-state index contributed by atoms with van der Waals surface area (Å²) in [4.78, 5) is 13.6. The zero-order valence-electron chi connectivity index (χ0n) is 8.58. The summed E-state index contributed by atoms with van der Waals surface area (Å²) in [5.74, 6) is 0.225. The summed E-state index contributed by atoms with van der Waals surface area (Å²) < 4.78 is 10.5. The van der Waals surface area contributed by atoms with Crippen molar-refractivity contribution in [3.05, 3.63) is 28.7 Å². The maximum Gasteiger partial charge on any atom is 0.417 e. The van der Waals surface area contributed by atoms with Crippen LogP contribution in [0.25, 0.3) is 11.1 Å². The van der Waals surface area contributed by atoms with Gasteiger partial charge in [0.25, 0.3) is 0 Å². The van der Waals surface area contributed by atoms with Crippen molar-refractivity contribution in [2.24, 2.45) is 0 Å². The molecule has 1 heterocycles. The lowest BCUT2D eigenvalue weighted by molar-refractivity contribution is 0.312. The van der Waals surface area contributed by atoms with Crippen molar-refractivity contribution in [2.75, 3.05) is 6.61 Å². The van der Waals surface area contributed by atoms with Gasteiger partial charge in [-0.1, -0.05) is 19.4 Å². The summed E-state index contributed by atoms with van der Waals surface area (Å²) in [5.41, 5.74) is 1.17. The summed E-state index contributed by atoms with van der Waals surface area (Å²) in [6.45, 7) is 2.76. The Labute approximate surface area is 86.9 Å². The number of fused-ring (bicyclic) bond motifs is 1. The van der Waals surface area contributed by atoms with E-state index in [2.05, 4.69) is 11.9 Å². The minimum absolute atomic E-state index is 0.448. The molecule has 1 aromatic heterocycles. The molecule has 0 atom stereocenters. The predicted molar refractivity (Wildman–Crippen MR) is 57.2 cm³/mol. The second kappa shape index (κ2) is 4.21. The van der Waals surface area contributed by atoms with E-state index in [0.717, 1.165) is 12.8 Å². The Bertz CT molecular complexity index is 498. The van der Waals surface area contributed by atoms with E-state index in [-0.39, 0.29) is 0 Å². The summed E-state index contributed by atoms with van der Waals surface area (Å²) in [7, 11) is 0. The molecule has 4 heteroatoms. The van der Waals surface area contributed by atoms with E-state index in [1.54, 1.807) is 12.1 Å². The van der Waals surface area contributed by atoms with Gasteiger partial charge in [0, 0.05) is 0 Å². The number of hydrogen-bond acceptors (Lipinski definition) is 3. The molecule has 0 bridgehead atoms. The first kappa shape index (κ1) is 9.83. The molecule has 4 nitrogen and oxygen atoms in total. The number of unbranched alkanes of at least 4 members (excludes halogenated alkanes) is 1. The molecule has 0 amide bonds. The third-order valence-corrected chi connectivity index (χ3v) is 2.17. The number of nitrogens with one attached hydrogen (secondary N) is 1. The fourth-order valence-corrected chi connectivity index (χ4v) is 1.39. The van der Waals surface area contributed by atoms with Crippen molar-refractivity contribution >= 4 is 11.1 Å². The van der Waals surface area contributed by atoms with Gasteiger partial charge in [-0.15, -0.1) is 0 Å². The number of aromatic amines is 1. The maximum atomic E-state index is 11.0. The first-order valence-electron chi connectivity index (χ1n) is 5.06. The van der Waals surface area contributed by atoms with Crippen LogP contribution in [0.1, 0.15) is 19.8 Å². The normalized spacial score (nSPS) is 10.7. The second-order valence-electron chi connectivity index (χ2n) is 3.35. The molecular formula is C11H13NO3. The minimum atomic E-state index is -0.448. The van der Waals surface area contributed by atoms with Crippen LogP contribution in [0.3, 0.4) is 0 Å². The van der Waals surface area contributed by atoms with Crippen molar-refractivity contribution < 1.29 is 9.15 Å². The van der Waals surface area contributed by atoms with Crippen LogP contribution in [-0.2, 0) is 0 Å². The van der Waals surface area contributed by atoms with Crippen LogP contribution in [0.4, 0.5) is 0 Å². The molecule has 2 aromatic rings. The number of para-hydroxylation sites is 1. The fourth-order valence-electron chi connectivity index (χ4n) is 1.39. The maximum absolute atomic E-state index is 11.0. The third-order valence-electron chi connectivity index (χ3n) is 2.17. The van der Waals surface area contributed by atoms with E-state index in [9.17, 15) is 4.79 Å². The van der Waals surface area contributed by atoms with E-state index in [1.165, 1.54) is 0 Å². The highest BCUT2D eigenvalue weighted by Crippen LogP contribution is 2.22. The molecule has 0 aliphatic rings. The monoisotopic (exact) mass is 207 g/mol. The summed E-state index contributed by atoms with van der Waals surface area (Å²) in [6.07, 6.45) is 2.08. The van der Waals surface area contributed by atoms with Gasteiger partial charge in [0.05, 0.1) is 6.61 Å². The Morgan fingerprint density at radius 3 is 3.13 bits per heavy atom. The van der Waals surface area contributed by atoms with Gasteiger partial charge in [-0.25, -0.2) is 4.79 Å². The average molecular weight is 207 g/mol. The molecule has 0 spiro atoms. The molecule has 15 heavy (non-hydrogen) atoms. The first-order chi connectivity index (χ1) is 7.31. The smallest absolute Gasteiger partial charge is 0.417 e. The van der Waals surface area contributed by atoms with Gasteiger partial charge >= 0.3 is 5.76 Å². The highest BCUT2D eigenvalue weighted by molar-refractivity contribution is 5.79. The summed E-state index contributed by atoms with van der Waals surface area (Å²) in [6, 6.07) is 5.36. The molecule has 0 fully saturated rings. The number of oxazole rings is 1. The van der Waals surface area contributed by atoms with Crippen LogP contribution in [0, 0.1) is 0 Å². The molecule has 1 aromatic carbocycles. The lowest BCUT2D eigenvalue weighted by Crippen LogP contribution is -1.98. The number of aromatic nitrogens is 1. The van der Waals surface area contributed by atoms with Gasteiger partial charge < -0.3 is 9.15 Å². The zero-order valence-corrected chi connectivity index (χ0v) is 8.58. The van der Waals surface area contributed by atoms with Crippen molar-refractivity contribution in [3.63, 3.8) is 0 Å². The van der Waals surface area contributed by atoms with E-state index in [4.69, 9.17) is 9.15 Å². The average Bonchev–Trinajstić information content (AvgIpc) is 2.59. The van der Waals surface area contributed by atoms with Crippen molar-refractivity contribution in [1.29, 1.82) is 0 Å². The zero-order chi connectivity index (χ0) is 10.7. The van der Waals surface area contributed by atoms with Crippen LogP contribution in [0.2, 0.25) is 0 Å². The first-order valence-corrected chi connectivity index (χ1v) is 5.06. The molecule has 0 aliphatic carbocycles. The summed E-state index contributed by atoms with van der Waals surface area (Å²) >= 11 is 0. The van der Waals surface area contributed by atoms with Gasteiger partial charge in [-0.05, 0) is 18.6 Å². The largest absolute Gasteiger partial charge is 0.491 e. The highest BCUT2D eigenvalue weighted by Gasteiger charge is 2.06. The molecule has 0 aliphatic heterocycles. The lowest BCUT2D eigenvalue weighted by atomic mass is 10.3. The number of H-pyrrole nitrogens is 1. The van der Waals surface area contributed by atoms with Gasteiger partial charge in [0.2, 0.25) is 0 Å². The fraction of sp³-hybridized carbons (Fsp3) is 0.364. The second-order valence-corrected chi connectivity index (χ2v) is 3.35. The highest BCUT2D eigenvalue weighted by atomic mass is 16.5. The van der Waals surface area contributed by atoms with Gasteiger partial charge in [0.15, 0.2) is 5.58 Å². The van der Waals surface area contributed by atoms with Crippen molar-refractivity contribution in [1.82, 2.24) is 4.98 Å². The Hall–Kier alpha value is -1.71. The van der Waals surface area contributed by atoms with E-state index in [0.29, 0.717) is 23.5 Å². The van der Waals surface area contributed by atoms with Crippen LogP contribution < -0.4 is 10.5 Å². The molecular weight excluding hydrogens is 194 g/mol. The molecule has 0 radical (unpaired) electrons. The Kier molecular flexibility index (Phi) is 2.76. The van der Waals surface area contributed by atoms with Crippen LogP contribution in [0.15, 0.2) is 27.4 Å². The predicted octanol–water partition coefficient (Wildman–Crippen LogP) is 2.30. The molecule has 1 N–H and O–H groups in total. The lowest BCUT2D eigenvalue weighted by Gasteiger charge is -2.04. The number of rotatable bonds is 4. The third kappa shape index (κ3) is 2.03. The standard InChI is InChI=1S/C11H13NO3/c1-2-3-7-14-8-5-4-6-9-10(8)12-11(13)15-9/h4-6H,2-3,7H2,1H3,(H,12,13). The van der Waals surface area contributed by atoms with E-state index >= 15 is 0 Å². The van der Waals surface area contributed by atoms with E-state index in [1.807, 2.05) is 6.07 Å². The Balaban J connectivity index is 2.29. The number of benzene rings is 1. The summed E-state index contributed by atoms with van der Waals surface area (Å²) in [5, 5.41) is 0. The van der Waals surface area contributed by atoms with Gasteiger partial charge in [0.1, 0.15) is 11.3 Å². The van der Waals surface area contributed by atoms with Gasteiger partial charge in [-0.3, -0.25) is 4.98 Å². The van der Waals surface area contributed by atoms with Crippen molar-refractivity contribution in [3.8, 4) is 5.75 Å². The molecule has 2 rings (SSSR count). The molecule has 80 valence electrons. The molecule has 0 saturated heterocycles. The quantitative estimate of drug-likeness (QED) is 0.782. The number of ether oxygens (including phenoxy) is 1. The molecule has 0 unspecified atom stereocenters. The SMILES string of the molecule is CCCCOc1cccc2oc(=O)[nH]c12.